The summed E-state index contributed by atoms with van der Waals surface area (Å²) >= 11 is 0. The Bertz CT molecular complexity index is 537. The first-order chi connectivity index (χ1) is 11.3. The molecular formula is C18H27N3O2. The van der Waals surface area contributed by atoms with Gasteiger partial charge in [0.1, 0.15) is 0 Å². The Hall–Kier alpha value is -1.91. The summed E-state index contributed by atoms with van der Waals surface area (Å²) in [4.78, 5) is 4.48. The molecule has 1 aliphatic carbocycles. The van der Waals surface area contributed by atoms with Gasteiger partial charge in [-0.2, -0.15) is 0 Å². The molecule has 126 valence electrons. The van der Waals surface area contributed by atoms with Crippen molar-refractivity contribution in [2.45, 2.75) is 57.5 Å². The van der Waals surface area contributed by atoms with Gasteiger partial charge >= 0.3 is 0 Å². The lowest BCUT2D eigenvalue weighted by atomic mass is 10.1. The number of fused-ring (bicyclic) bond motifs is 1. The quantitative estimate of drug-likeness (QED) is 0.511. The van der Waals surface area contributed by atoms with Crippen LogP contribution in [0.2, 0.25) is 0 Å². The Kier molecular flexibility index (Phi) is 5.61. The van der Waals surface area contributed by atoms with E-state index in [9.17, 15) is 0 Å². The van der Waals surface area contributed by atoms with Gasteiger partial charge in [-0.15, -0.1) is 0 Å². The van der Waals surface area contributed by atoms with Gasteiger partial charge in [0.25, 0.3) is 0 Å². The molecule has 1 heterocycles. The zero-order valence-corrected chi connectivity index (χ0v) is 13.7. The van der Waals surface area contributed by atoms with E-state index in [1.54, 1.807) is 0 Å². The van der Waals surface area contributed by atoms with Crippen molar-refractivity contribution in [3.63, 3.8) is 0 Å². The van der Waals surface area contributed by atoms with E-state index < -0.39 is 0 Å². The number of hydrogen-bond donors (Lipinski definition) is 2. The van der Waals surface area contributed by atoms with Gasteiger partial charge in [0.15, 0.2) is 17.5 Å². The van der Waals surface area contributed by atoms with Crippen molar-refractivity contribution < 1.29 is 9.47 Å². The molecule has 0 radical (unpaired) electrons. The molecular weight excluding hydrogens is 290 g/mol. The van der Waals surface area contributed by atoms with Crippen molar-refractivity contribution in [2.24, 2.45) is 10.7 Å². The van der Waals surface area contributed by atoms with Crippen LogP contribution < -0.4 is 20.5 Å². The standard InChI is InChI=1S/C18H27N3O2/c19-18(21-15-6-3-1-2-4-7-15)20-13-14-8-9-16-17(12-14)23-11-5-10-22-16/h8-9,12,15H,1-7,10-11,13H2,(H3,19,20,21). The highest BCUT2D eigenvalue weighted by atomic mass is 16.5. The van der Waals surface area contributed by atoms with E-state index >= 15 is 0 Å². The third kappa shape index (κ3) is 4.78. The van der Waals surface area contributed by atoms with Crippen LogP contribution >= 0.6 is 0 Å². The molecule has 5 nitrogen and oxygen atoms in total. The summed E-state index contributed by atoms with van der Waals surface area (Å²) in [6.07, 6.45) is 8.56. The summed E-state index contributed by atoms with van der Waals surface area (Å²) in [6.45, 7) is 1.97. The zero-order chi connectivity index (χ0) is 15.9. The summed E-state index contributed by atoms with van der Waals surface area (Å²) in [5.74, 6) is 2.18. The lowest BCUT2D eigenvalue weighted by Gasteiger charge is -2.16. The van der Waals surface area contributed by atoms with Crippen molar-refractivity contribution in [1.29, 1.82) is 0 Å². The molecule has 3 rings (SSSR count). The lowest BCUT2D eigenvalue weighted by Crippen LogP contribution is -2.39. The Morgan fingerprint density at radius 1 is 1.04 bits per heavy atom. The van der Waals surface area contributed by atoms with Crippen molar-refractivity contribution >= 4 is 5.96 Å². The lowest BCUT2D eigenvalue weighted by molar-refractivity contribution is 0.297. The summed E-state index contributed by atoms with van der Waals surface area (Å²) in [7, 11) is 0. The highest BCUT2D eigenvalue weighted by molar-refractivity contribution is 5.78. The van der Waals surface area contributed by atoms with Crippen LogP contribution in [0.25, 0.3) is 0 Å². The summed E-state index contributed by atoms with van der Waals surface area (Å²) in [5, 5.41) is 3.37. The first-order valence-corrected chi connectivity index (χ1v) is 8.76. The minimum absolute atomic E-state index is 0.477. The van der Waals surface area contributed by atoms with Gasteiger partial charge in [0.2, 0.25) is 0 Å². The van der Waals surface area contributed by atoms with Crippen LogP contribution in [0.5, 0.6) is 11.5 Å². The van der Waals surface area contributed by atoms with Crippen molar-refractivity contribution in [3.8, 4) is 11.5 Å². The Labute approximate surface area is 138 Å². The third-order valence-electron chi connectivity index (χ3n) is 4.45. The monoisotopic (exact) mass is 317 g/mol. The minimum Gasteiger partial charge on any atom is -0.490 e. The van der Waals surface area contributed by atoms with Gasteiger partial charge in [-0.25, -0.2) is 4.99 Å². The predicted molar refractivity (Wildman–Crippen MR) is 92.0 cm³/mol. The Balaban J connectivity index is 1.57. The fourth-order valence-corrected chi connectivity index (χ4v) is 3.16. The second-order valence-corrected chi connectivity index (χ2v) is 6.37. The van der Waals surface area contributed by atoms with Gasteiger partial charge < -0.3 is 20.5 Å². The highest BCUT2D eigenvalue weighted by Crippen LogP contribution is 2.30. The fraction of sp³-hybridized carbons (Fsp3) is 0.611. The maximum atomic E-state index is 6.05. The second-order valence-electron chi connectivity index (χ2n) is 6.37. The normalized spacial score (nSPS) is 19.7. The van der Waals surface area contributed by atoms with Gasteiger partial charge in [-0.3, -0.25) is 0 Å². The number of nitrogens with one attached hydrogen (secondary N) is 1. The van der Waals surface area contributed by atoms with E-state index in [0.29, 0.717) is 31.8 Å². The average molecular weight is 317 g/mol. The number of rotatable bonds is 3. The molecule has 0 atom stereocenters. The topological polar surface area (TPSA) is 68.9 Å². The molecule has 1 saturated carbocycles. The summed E-state index contributed by atoms with van der Waals surface area (Å²) in [6, 6.07) is 6.46. The number of nitrogens with zero attached hydrogens (tertiary/aromatic N) is 1. The maximum absolute atomic E-state index is 6.05. The predicted octanol–water partition coefficient (Wildman–Crippen LogP) is 2.98. The first-order valence-electron chi connectivity index (χ1n) is 8.76. The molecule has 5 heteroatoms. The van der Waals surface area contributed by atoms with E-state index in [1.165, 1.54) is 38.5 Å². The average Bonchev–Trinajstić information content (AvgIpc) is 2.95. The van der Waals surface area contributed by atoms with Crippen LogP contribution in [0.15, 0.2) is 23.2 Å². The molecule has 1 aromatic carbocycles. The summed E-state index contributed by atoms with van der Waals surface area (Å²) < 4.78 is 11.4. The van der Waals surface area contributed by atoms with E-state index in [-0.39, 0.29) is 0 Å². The van der Waals surface area contributed by atoms with E-state index in [2.05, 4.69) is 10.3 Å². The Morgan fingerprint density at radius 3 is 2.57 bits per heavy atom. The zero-order valence-electron chi connectivity index (χ0n) is 13.7. The molecule has 3 N–H and O–H groups in total. The van der Waals surface area contributed by atoms with E-state index in [1.807, 2.05) is 18.2 Å². The van der Waals surface area contributed by atoms with Crippen LogP contribution in [0.1, 0.15) is 50.5 Å². The molecule has 0 aromatic heterocycles. The number of guanidine groups is 1. The number of ether oxygens (including phenoxy) is 2. The van der Waals surface area contributed by atoms with Crippen LogP contribution in [0.4, 0.5) is 0 Å². The van der Waals surface area contributed by atoms with Crippen molar-refractivity contribution in [1.82, 2.24) is 5.32 Å². The first kappa shape index (κ1) is 16.0. The number of aliphatic imine (C=N–C) groups is 1. The second kappa shape index (κ2) is 8.09. The van der Waals surface area contributed by atoms with Crippen LogP contribution in [-0.4, -0.2) is 25.2 Å². The molecule has 0 spiro atoms. The molecule has 1 fully saturated rings. The van der Waals surface area contributed by atoms with Gasteiger partial charge in [0, 0.05) is 12.5 Å². The van der Waals surface area contributed by atoms with E-state index in [4.69, 9.17) is 15.2 Å². The van der Waals surface area contributed by atoms with E-state index in [0.717, 1.165) is 23.5 Å². The van der Waals surface area contributed by atoms with Gasteiger partial charge in [0.05, 0.1) is 19.8 Å². The summed E-state index contributed by atoms with van der Waals surface area (Å²) in [5.41, 5.74) is 7.13. The molecule has 0 bridgehead atoms. The molecule has 0 amide bonds. The fourth-order valence-electron chi connectivity index (χ4n) is 3.16. The third-order valence-corrected chi connectivity index (χ3v) is 4.45. The van der Waals surface area contributed by atoms with Gasteiger partial charge in [-0.1, -0.05) is 31.7 Å². The van der Waals surface area contributed by atoms with Crippen LogP contribution in [0.3, 0.4) is 0 Å². The molecule has 0 unspecified atom stereocenters. The molecule has 2 aliphatic rings. The minimum atomic E-state index is 0.477. The molecule has 23 heavy (non-hydrogen) atoms. The highest BCUT2D eigenvalue weighted by Gasteiger charge is 2.13. The number of nitrogens with two attached hydrogens (primary N) is 1. The number of hydrogen-bond acceptors (Lipinski definition) is 3. The maximum Gasteiger partial charge on any atom is 0.189 e. The van der Waals surface area contributed by atoms with Crippen molar-refractivity contribution in [2.75, 3.05) is 13.2 Å². The number of benzene rings is 1. The van der Waals surface area contributed by atoms with Gasteiger partial charge in [-0.05, 0) is 30.5 Å². The molecule has 1 aliphatic heterocycles. The molecule has 0 saturated heterocycles. The largest absolute Gasteiger partial charge is 0.490 e. The van der Waals surface area contributed by atoms with Crippen LogP contribution in [0, 0.1) is 0 Å². The SMILES string of the molecule is NC(=NCc1ccc2c(c1)OCCCO2)NC1CCCCCC1. The molecule has 1 aromatic rings. The van der Waals surface area contributed by atoms with Crippen LogP contribution in [-0.2, 0) is 6.54 Å². The van der Waals surface area contributed by atoms with Crippen molar-refractivity contribution in [3.05, 3.63) is 23.8 Å². The Morgan fingerprint density at radius 2 is 1.78 bits per heavy atom. The smallest absolute Gasteiger partial charge is 0.189 e.